The first-order chi connectivity index (χ1) is 7.47. The summed E-state index contributed by atoms with van der Waals surface area (Å²) in [6, 6.07) is 0.129. The van der Waals surface area contributed by atoms with E-state index in [0.29, 0.717) is 0 Å². The highest BCUT2D eigenvalue weighted by atomic mass is 19.2. The molecule has 1 unspecified atom stereocenters. The Morgan fingerprint density at radius 3 is 2.12 bits per heavy atom. The van der Waals surface area contributed by atoms with Crippen LogP contribution in [0.3, 0.4) is 0 Å². The predicted molar refractivity (Wildman–Crippen MR) is 50.0 cm³/mol. The number of benzene rings is 1. The van der Waals surface area contributed by atoms with Crippen LogP contribution in [0.4, 0.5) is 17.6 Å². The molecule has 16 heavy (non-hydrogen) atoms. The Morgan fingerprint density at radius 1 is 1.19 bits per heavy atom. The van der Waals surface area contributed by atoms with Gasteiger partial charge in [-0.15, -0.1) is 0 Å². The molecule has 90 valence electrons. The van der Waals surface area contributed by atoms with Gasteiger partial charge in [-0.2, -0.15) is 8.78 Å². The van der Waals surface area contributed by atoms with Crippen LogP contribution in [0.2, 0.25) is 0 Å². The van der Waals surface area contributed by atoms with Gasteiger partial charge in [0.15, 0.2) is 17.4 Å². The summed E-state index contributed by atoms with van der Waals surface area (Å²) in [5, 5.41) is 0. The van der Waals surface area contributed by atoms with E-state index in [4.69, 9.17) is 5.73 Å². The molecule has 1 aromatic carbocycles. The van der Waals surface area contributed by atoms with E-state index in [9.17, 15) is 17.6 Å². The van der Waals surface area contributed by atoms with E-state index < -0.39 is 29.0 Å². The zero-order valence-electron chi connectivity index (χ0n) is 8.57. The van der Waals surface area contributed by atoms with Gasteiger partial charge in [-0.3, -0.25) is 0 Å². The fourth-order valence-electron chi connectivity index (χ4n) is 0.972. The first kappa shape index (κ1) is 12.8. The maximum atomic E-state index is 13.1. The summed E-state index contributed by atoms with van der Waals surface area (Å²) in [5.74, 6) is -7.28. The zero-order valence-corrected chi connectivity index (χ0v) is 8.57. The Balaban J connectivity index is 2.94. The SMILES string of the molecule is CC(CN)COc1c(F)c(F)cc(F)c1F. The second-order valence-corrected chi connectivity index (χ2v) is 3.45. The van der Waals surface area contributed by atoms with Gasteiger partial charge < -0.3 is 10.5 Å². The van der Waals surface area contributed by atoms with E-state index >= 15 is 0 Å². The molecule has 1 atom stereocenters. The molecule has 0 aliphatic carbocycles. The molecule has 6 heteroatoms. The quantitative estimate of drug-likeness (QED) is 0.643. The number of nitrogens with two attached hydrogens (primary N) is 1. The molecule has 0 amide bonds. The molecular weight excluding hydrogens is 226 g/mol. The summed E-state index contributed by atoms with van der Waals surface area (Å²) in [5.41, 5.74) is 5.26. The van der Waals surface area contributed by atoms with Crippen molar-refractivity contribution in [2.45, 2.75) is 6.92 Å². The second-order valence-electron chi connectivity index (χ2n) is 3.45. The number of hydrogen-bond acceptors (Lipinski definition) is 2. The highest BCUT2D eigenvalue weighted by Crippen LogP contribution is 2.26. The molecule has 0 spiro atoms. The molecule has 0 aliphatic heterocycles. The van der Waals surface area contributed by atoms with Crippen LogP contribution in [0.15, 0.2) is 6.07 Å². The molecule has 1 rings (SSSR count). The van der Waals surface area contributed by atoms with Gasteiger partial charge in [-0.05, 0) is 6.54 Å². The summed E-state index contributed by atoms with van der Waals surface area (Å²) < 4.78 is 56.3. The van der Waals surface area contributed by atoms with Crippen LogP contribution in [0.1, 0.15) is 6.92 Å². The lowest BCUT2D eigenvalue weighted by atomic mass is 10.2. The van der Waals surface area contributed by atoms with Crippen molar-refractivity contribution in [1.29, 1.82) is 0 Å². The van der Waals surface area contributed by atoms with E-state index in [0.717, 1.165) is 0 Å². The highest BCUT2D eigenvalue weighted by molar-refractivity contribution is 5.28. The summed E-state index contributed by atoms with van der Waals surface area (Å²) in [6.45, 7) is 1.79. The maximum Gasteiger partial charge on any atom is 0.203 e. The lowest BCUT2D eigenvalue weighted by Crippen LogP contribution is -2.19. The van der Waals surface area contributed by atoms with E-state index in [1.54, 1.807) is 6.92 Å². The molecule has 2 N–H and O–H groups in total. The minimum atomic E-state index is -1.54. The van der Waals surface area contributed by atoms with Crippen molar-refractivity contribution in [3.63, 3.8) is 0 Å². The lowest BCUT2D eigenvalue weighted by molar-refractivity contribution is 0.233. The van der Waals surface area contributed by atoms with Crippen molar-refractivity contribution in [2.24, 2.45) is 11.7 Å². The molecule has 2 nitrogen and oxygen atoms in total. The fourth-order valence-corrected chi connectivity index (χ4v) is 0.972. The van der Waals surface area contributed by atoms with E-state index in [2.05, 4.69) is 4.74 Å². The van der Waals surface area contributed by atoms with Crippen molar-refractivity contribution in [1.82, 2.24) is 0 Å². The van der Waals surface area contributed by atoms with Crippen LogP contribution >= 0.6 is 0 Å². The number of halogens is 4. The third kappa shape index (κ3) is 2.63. The predicted octanol–water partition coefficient (Wildman–Crippen LogP) is 2.22. The van der Waals surface area contributed by atoms with Gasteiger partial charge in [0.25, 0.3) is 0 Å². The van der Waals surface area contributed by atoms with Crippen molar-refractivity contribution < 1.29 is 22.3 Å². The zero-order chi connectivity index (χ0) is 12.3. The fraction of sp³-hybridized carbons (Fsp3) is 0.400. The lowest BCUT2D eigenvalue weighted by Gasteiger charge is -2.12. The van der Waals surface area contributed by atoms with Gasteiger partial charge in [0, 0.05) is 12.0 Å². The highest BCUT2D eigenvalue weighted by Gasteiger charge is 2.20. The minimum Gasteiger partial charge on any atom is -0.487 e. The second kappa shape index (κ2) is 5.16. The monoisotopic (exact) mass is 237 g/mol. The standard InChI is InChI=1S/C10H11F4NO/c1-5(3-15)4-16-10-8(13)6(11)2-7(12)9(10)14/h2,5H,3-4,15H2,1H3. The molecule has 0 heterocycles. The Bertz CT molecular complexity index is 357. The molecule has 0 aliphatic rings. The first-order valence-corrected chi connectivity index (χ1v) is 4.63. The smallest absolute Gasteiger partial charge is 0.203 e. The van der Waals surface area contributed by atoms with Gasteiger partial charge in [0.2, 0.25) is 11.6 Å². The summed E-state index contributed by atoms with van der Waals surface area (Å²) in [4.78, 5) is 0. The third-order valence-corrected chi connectivity index (χ3v) is 1.99. The average Bonchev–Trinajstić information content (AvgIpc) is 2.26. The Kier molecular flexibility index (Phi) is 4.12. The molecule has 0 bridgehead atoms. The molecule has 1 aromatic rings. The van der Waals surface area contributed by atoms with Gasteiger partial charge >= 0.3 is 0 Å². The van der Waals surface area contributed by atoms with Gasteiger partial charge in [-0.25, -0.2) is 8.78 Å². The molecule has 0 saturated heterocycles. The maximum absolute atomic E-state index is 13.1. The number of rotatable bonds is 4. The summed E-state index contributed by atoms with van der Waals surface area (Å²) >= 11 is 0. The summed E-state index contributed by atoms with van der Waals surface area (Å²) in [7, 11) is 0. The van der Waals surface area contributed by atoms with Crippen molar-refractivity contribution in [3.8, 4) is 5.75 Å². The van der Waals surface area contributed by atoms with Crippen LogP contribution in [-0.2, 0) is 0 Å². The van der Waals surface area contributed by atoms with Crippen LogP contribution < -0.4 is 10.5 Å². The molecule has 0 fully saturated rings. The molecular formula is C10H11F4NO. The van der Waals surface area contributed by atoms with Gasteiger partial charge in [0.1, 0.15) is 0 Å². The van der Waals surface area contributed by atoms with Crippen LogP contribution in [0.25, 0.3) is 0 Å². The normalized spacial score (nSPS) is 12.6. The van der Waals surface area contributed by atoms with Gasteiger partial charge in [-0.1, -0.05) is 6.92 Å². The molecule has 0 radical (unpaired) electrons. The Labute approximate surface area is 90.0 Å². The first-order valence-electron chi connectivity index (χ1n) is 4.63. The van der Waals surface area contributed by atoms with E-state index in [1.807, 2.05) is 0 Å². The summed E-state index contributed by atoms with van der Waals surface area (Å²) in [6.07, 6.45) is 0. The van der Waals surface area contributed by atoms with Crippen LogP contribution in [0, 0.1) is 29.2 Å². The number of ether oxygens (including phenoxy) is 1. The van der Waals surface area contributed by atoms with Crippen molar-refractivity contribution in [2.75, 3.05) is 13.2 Å². The van der Waals surface area contributed by atoms with Crippen molar-refractivity contribution >= 4 is 0 Å². The largest absolute Gasteiger partial charge is 0.487 e. The Morgan fingerprint density at radius 2 is 1.69 bits per heavy atom. The molecule has 0 aromatic heterocycles. The van der Waals surface area contributed by atoms with E-state index in [-0.39, 0.29) is 25.1 Å². The average molecular weight is 237 g/mol. The van der Waals surface area contributed by atoms with E-state index in [1.165, 1.54) is 0 Å². The van der Waals surface area contributed by atoms with Gasteiger partial charge in [0.05, 0.1) is 6.61 Å². The third-order valence-electron chi connectivity index (χ3n) is 1.99. The minimum absolute atomic E-state index is 0.118. The topological polar surface area (TPSA) is 35.2 Å². The Hall–Kier alpha value is -1.30. The van der Waals surface area contributed by atoms with Crippen LogP contribution in [0.5, 0.6) is 5.75 Å². The van der Waals surface area contributed by atoms with Crippen LogP contribution in [-0.4, -0.2) is 13.2 Å². The number of hydrogen-bond donors (Lipinski definition) is 1. The van der Waals surface area contributed by atoms with Crippen molar-refractivity contribution in [3.05, 3.63) is 29.3 Å². The molecule has 0 saturated carbocycles.